The Hall–Kier alpha value is -1.90. The molecule has 0 bridgehead atoms. The van der Waals surface area contributed by atoms with Crippen LogP contribution in [0.2, 0.25) is 0 Å². The highest BCUT2D eigenvalue weighted by atomic mass is 16.1. The van der Waals surface area contributed by atoms with Crippen molar-refractivity contribution in [2.75, 3.05) is 0 Å². The van der Waals surface area contributed by atoms with E-state index in [-0.39, 0.29) is 5.41 Å². The Morgan fingerprint density at radius 3 is 2.47 bits per heavy atom. The number of hydrogen-bond acceptors (Lipinski definition) is 2. The molecule has 0 saturated carbocycles. The summed E-state index contributed by atoms with van der Waals surface area (Å²) in [5, 5.41) is 4.56. The average molecular weight is 256 g/mol. The van der Waals surface area contributed by atoms with Crippen molar-refractivity contribution in [1.29, 1.82) is 0 Å². The zero-order valence-corrected chi connectivity index (χ0v) is 12.2. The number of carbonyl (C=O) groups is 1. The fourth-order valence-electron chi connectivity index (χ4n) is 2.25. The third kappa shape index (κ3) is 2.60. The molecule has 0 saturated heterocycles. The van der Waals surface area contributed by atoms with Gasteiger partial charge in [-0.15, -0.1) is 0 Å². The lowest BCUT2D eigenvalue weighted by Crippen LogP contribution is -2.14. The Balaban J connectivity index is 2.72. The van der Waals surface area contributed by atoms with Gasteiger partial charge in [-0.2, -0.15) is 5.10 Å². The first-order valence-corrected chi connectivity index (χ1v) is 6.43. The van der Waals surface area contributed by atoms with Gasteiger partial charge in [0.15, 0.2) is 6.29 Å². The lowest BCUT2D eigenvalue weighted by atomic mass is 9.86. The van der Waals surface area contributed by atoms with Crippen LogP contribution < -0.4 is 0 Å². The monoisotopic (exact) mass is 256 g/mol. The molecule has 0 aliphatic heterocycles. The van der Waals surface area contributed by atoms with E-state index in [9.17, 15) is 4.79 Å². The standard InChI is InChI=1S/C16H20N2O/c1-11-6-7-12(10-19)13(8-11)14-9-18(5)17-15(14)16(2,3)4/h6-10H,1-5H3. The maximum absolute atomic E-state index is 11.3. The third-order valence-electron chi connectivity index (χ3n) is 3.17. The highest BCUT2D eigenvalue weighted by molar-refractivity contribution is 5.88. The molecule has 3 nitrogen and oxygen atoms in total. The molecule has 3 heteroatoms. The number of rotatable bonds is 2. The second kappa shape index (κ2) is 4.65. The SMILES string of the molecule is Cc1ccc(C=O)c(-c2cn(C)nc2C(C)(C)C)c1. The molecule has 0 aliphatic rings. The molecule has 0 unspecified atom stereocenters. The molecule has 0 aliphatic carbocycles. The summed E-state index contributed by atoms with van der Waals surface area (Å²) in [6.07, 6.45) is 2.90. The lowest BCUT2D eigenvalue weighted by molar-refractivity contribution is 0.112. The summed E-state index contributed by atoms with van der Waals surface area (Å²) in [7, 11) is 1.91. The van der Waals surface area contributed by atoms with Crippen molar-refractivity contribution >= 4 is 6.29 Å². The van der Waals surface area contributed by atoms with Crippen molar-refractivity contribution in [3.8, 4) is 11.1 Å². The zero-order chi connectivity index (χ0) is 14.2. The van der Waals surface area contributed by atoms with Crippen LogP contribution in [0.5, 0.6) is 0 Å². The Morgan fingerprint density at radius 1 is 1.21 bits per heavy atom. The van der Waals surface area contributed by atoms with Gasteiger partial charge in [0.25, 0.3) is 0 Å². The molecule has 2 aromatic rings. The molecular weight excluding hydrogens is 236 g/mol. The van der Waals surface area contributed by atoms with Crippen LogP contribution in [-0.4, -0.2) is 16.1 Å². The summed E-state index contributed by atoms with van der Waals surface area (Å²) >= 11 is 0. The number of benzene rings is 1. The predicted octanol–water partition coefficient (Wildman–Crippen LogP) is 3.51. The van der Waals surface area contributed by atoms with E-state index in [2.05, 4.69) is 31.9 Å². The van der Waals surface area contributed by atoms with Gasteiger partial charge < -0.3 is 0 Å². The van der Waals surface area contributed by atoms with Gasteiger partial charge in [0, 0.05) is 29.8 Å². The van der Waals surface area contributed by atoms with Gasteiger partial charge >= 0.3 is 0 Å². The molecule has 0 radical (unpaired) electrons. The third-order valence-corrected chi connectivity index (χ3v) is 3.17. The number of aldehydes is 1. The minimum atomic E-state index is -0.0551. The Bertz CT molecular complexity index is 618. The average Bonchev–Trinajstić information content (AvgIpc) is 2.71. The number of hydrogen-bond donors (Lipinski definition) is 0. The first kappa shape index (κ1) is 13.5. The summed E-state index contributed by atoms with van der Waals surface area (Å²) < 4.78 is 1.81. The van der Waals surface area contributed by atoms with Crippen LogP contribution in [0.25, 0.3) is 11.1 Å². The van der Waals surface area contributed by atoms with Crippen LogP contribution in [-0.2, 0) is 12.5 Å². The molecule has 0 fully saturated rings. The van der Waals surface area contributed by atoms with E-state index in [0.29, 0.717) is 5.56 Å². The summed E-state index contributed by atoms with van der Waals surface area (Å²) in [5.74, 6) is 0. The van der Waals surface area contributed by atoms with Crippen molar-refractivity contribution in [3.63, 3.8) is 0 Å². The Kier molecular flexibility index (Phi) is 3.31. The lowest BCUT2D eigenvalue weighted by Gasteiger charge is -2.18. The van der Waals surface area contributed by atoms with E-state index >= 15 is 0 Å². The van der Waals surface area contributed by atoms with Gasteiger partial charge in [0.2, 0.25) is 0 Å². The Labute approximate surface area is 114 Å². The van der Waals surface area contributed by atoms with E-state index in [4.69, 9.17) is 0 Å². The van der Waals surface area contributed by atoms with Crippen LogP contribution in [0.1, 0.15) is 42.4 Å². The molecule has 100 valence electrons. The van der Waals surface area contributed by atoms with Crippen molar-refractivity contribution in [1.82, 2.24) is 9.78 Å². The quantitative estimate of drug-likeness (QED) is 0.771. The number of carbonyl (C=O) groups excluding carboxylic acids is 1. The fourth-order valence-corrected chi connectivity index (χ4v) is 2.25. The van der Waals surface area contributed by atoms with E-state index in [0.717, 1.165) is 28.7 Å². The van der Waals surface area contributed by atoms with Crippen molar-refractivity contribution < 1.29 is 4.79 Å². The van der Waals surface area contributed by atoms with Gasteiger partial charge in [-0.25, -0.2) is 0 Å². The molecule has 19 heavy (non-hydrogen) atoms. The zero-order valence-electron chi connectivity index (χ0n) is 12.2. The van der Waals surface area contributed by atoms with Crippen molar-refractivity contribution in [2.24, 2.45) is 7.05 Å². The van der Waals surface area contributed by atoms with Crippen LogP contribution in [0, 0.1) is 6.92 Å². The number of nitrogens with zero attached hydrogens (tertiary/aromatic N) is 2. The van der Waals surface area contributed by atoms with Gasteiger partial charge in [0.05, 0.1) is 5.69 Å². The van der Waals surface area contributed by atoms with Crippen LogP contribution in [0.15, 0.2) is 24.4 Å². The molecule has 0 atom stereocenters. The van der Waals surface area contributed by atoms with Gasteiger partial charge in [-0.1, -0.05) is 44.5 Å². The second-order valence-electron chi connectivity index (χ2n) is 6.02. The highest BCUT2D eigenvalue weighted by Crippen LogP contribution is 2.33. The van der Waals surface area contributed by atoms with E-state index in [1.807, 2.05) is 37.0 Å². The molecule has 2 rings (SSSR count). The van der Waals surface area contributed by atoms with E-state index < -0.39 is 0 Å². The summed E-state index contributed by atoms with van der Waals surface area (Å²) in [6, 6.07) is 5.88. The van der Waals surface area contributed by atoms with Gasteiger partial charge in [0.1, 0.15) is 0 Å². The summed E-state index contributed by atoms with van der Waals surface area (Å²) in [4.78, 5) is 11.3. The second-order valence-corrected chi connectivity index (χ2v) is 6.02. The Morgan fingerprint density at radius 2 is 1.89 bits per heavy atom. The van der Waals surface area contributed by atoms with Crippen molar-refractivity contribution in [3.05, 3.63) is 41.2 Å². The molecule has 0 amide bonds. The minimum Gasteiger partial charge on any atom is -0.298 e. The molecule has 0 N–H and O–H groups in total. The van der Waals surface area contributed by atoms with Gasteiger partial charge in [-0.3, -0.25) is 9.48 Å². The molecule has 0 spiro atoms. The molecule has 1 aromatic carbocycles. The minimum absolute atomic E-state index is 0.0551. The largest absolute Gasteiger partial charge is 0.298 e. The molecule has 1 heterocycles. The van der Waals surface area contributed by atoms with Crippen LogP contribution in [0.3, 0.4) is 0 Å². The van der Waals surface area contributed by atoms with E-state index in [1.54, 1.807) is 0 Å². The maximum Gasteiger partial charge on any atom is 0.150 e. The predicted molar refractivity (Wildman–Crippen MR) is 77.5 cm³/mol. The van der Waals surface area contributed by atoms with Gasteiger partial charge in [-0.05, 0) is 12.5 Å². The van der Waals surface area contributed by atoms with E-state index in [1.165, 1.54) is 0 Å². The number of aromatic nitrogens is 2. The maximum atomic E-state index is 11.3. The molecule has 1 aromatic heterocycles. The molecular formula is C16H20N2O. The topological polar surface area (TPSA) is 34.9 Å². The fraction of sp³-hybridized carbons (Fsp3) is 0.375. The van der Waals surface area contributed by atoms with Crippen LogP contribution in [0.4, 0.5) is 0 Å². The first-order chi connectivity index (χ1) is 8.82. The first-order valence-electron chi connectivity index (χ1n) is 6.43. The van der Waals surface area contributed by atoms with Crippen molar-refractivity contribution in [2.45, 2.75) is 33.1 Å². The summed E-state index contributed by atoms with van der Waals surface area (Å²) in [6.45, 7) is 8.44. The normalized spacial score (nSPS) is 11.6. The highest BCUT2D eigenvalue weighted by Gasteiger charge is 2.23. The number of aryl methyl sites for hydroxylation is 2. The smallest absolute Gasteiger partial charge is 0.150 e. The van der Waals surface area contributed by atoms with Crippen LogP contribution >= 0.6 is 0 Å². The summed E-state index contributed by atoms with van der Waals surface area (Å²) in [5.41, 5.74) is 4.83.